The van der Waals surface area contributed by atoms with Gasteiger partial charge in [0.25, 0.3) is 5.91 Å². The van der Waals surface area contributed by atoms with Crippen molar-refractivity contribution in [2.24, 2.45) is 0 Å². The second kappa shape index (κ2) is 8.48. The largest absolute Gasteiger partial charge is 0.352 e. The summed E-state index contributed by atoms with van der Waals surface area (Å²) in [5.41, 5.74) is 2.17. The monoisotopic (exact) mass is 407 g/mol. The van der Waals surface area contributed by atoms with Gasteiger partial charge in [0.2, 0.25) is 0 Å². The molecule has 3 amide bonds. The molecular formula is C21H25N7O2. The fourth-order valence-electron chi connectivity index (χ4n) is 3.70. The third-order valence-electron chi connectivity index (χ3n) is 5.29. The highest BCUT2D eigenvalue weighted by atomic mass is 16.2. The van der Waals surface area contributed by atoms with Gasteiger partial charge in [0.1, 0.15) is 5.82 Å². The third kappa shape index (κ3) is 4.10. The van der Waals surface area contributed by atoms with E-state index < -0.39 is 0 Å². The summed E-state index contributed by atoms with van der Waals surface area (Å²) in [6, 6.07) is 9.28. The van der Waals surface area contributed by atoms with Crippen LogP contribution in [0.1, 0.15) is 34.2 Å². The minimum Gasteiger partial charge on any atom is -0.352 e. The van der Waals surface area contributed by atoms with E-state index in [9.17, 15) is 9.59 Å². The number of fused-ring (bicyclic) bond motifs is 1. The fourth-order valence-corrected chi connectivity index (χ4v) is 3.70. The molecule has 0 bridgehead atoms. The topological polar surface area (TPSA) is 95.7 Å². The zero-order valence-electron chi connectivity index (χ0n) is 17.2. The Morgan fingerprint density at radius 3 is 2.83 bits per heavy atom. The molecule has 0 spiro atoms. The Kier molecular flexibility index (Phi) is 5.60. The average Bonchev–Trinajstić information content (AvgIpc) is 3.40. The van der Waals surface area contributed by atoms with Crippen LogP contribution in [0.15, 0.2) is 42.7 Å². The van der Waals surface area contributed by atoms with E-state index in [2.05, 4.69) is 20.5 Å². The van der Waals surface area contributed by atoms with Gasteiger partial charge in [-0.25, -0.2) is 4.79 Å². The highest BCUT2D eigenvalue weighted by Crippen LogP contribution is 2.27. The summed E-state index contributed by atoms with van der Waals surface area (Å²) in [5.74, 6) is 0.719. The van der Waals surface area contributed by atoms with Crippen LogP contribution >= 0.6 is 0 Å². The van der Waals surface area contributed by atoms with Crippen molar-refractivity contribution in [1.82, 2.24) is 34.7 Å². The van der Waals surface area contributed by atoms with Crippen LogP contribution in [0.25, 0.3) is 5.65 Å². The molecule has 0 aliphatic carbocycles. The third-order valence-corrected chi connectivity index (χ3v) is 5.29. The first-order valence-electron chi connectivity index (χ1n) is 10.0. The molecule has 1 aliphatic heterocycles. The van der Waals surface area contributed by atoms with Gasteiger partial charge in [-0.15, -0.1) is 10.2 Å². The number of urea groups is 1. The van der Waals surface area contributed by atoms with Crippen LogP contribution in [-0.4, -0.2) is 75.0 Å². The lowest BCUT2D eigenvalue weighted by molar-refractivity contribution is 0.0953. The minimum atomic E-state index is -0.150. The minimum absolute atomic E-state index is 0.000654. The molecule has 0 aromatic carbocycles. The molecular weight excluding hydrogens is 382 g/mol. The number of aromatic nitrogens is 4. The molecule has 3 aromatic rings. The van der Waals surface area contributed by atoms with Crippen LogP contribution in [0.5, 0.6) is 0 Å². The maximum absolute atomic E-state index is 12.6. The Morgan fingerprint density at radius 1 is 1.20 bits per heavy atom. The number of pyridine rings is 2. The van der Waals surface area contributed by atoms with Gasteiger partial charge in [-0.2, -0.15) is 0 Å². The molecule has 9 heteroatoms. The number of hydrogen-bond donors (Lipinski definition) is 1. The SMILES string of the molecule is CN(C)C(=O)N1CC[C@@H](c2nnc3ccc(C(=O)NCCc4ccccn4)cn23)C1. The van der Waals surface area contributed by atoms with Gasteiger partial charge in [-0.05, 0) is 30.7 Å². The van der Waals surface area contributed by atoms with Gasteiger partial charge in [-0.3, -0.25) is 14.2 Å². The van der Waals surface area contributed by atoms with Crippen LogP contribution in [0.2, 0.25) is 0 Å². The first kappa shape index (κ1) is 19.8. The quantitative estimate of drug-likeness (QED) is 0.693. The van der Waals surface area contributed by atoms with E-state index in [0.29, 0.717) is 37.3 Å². The zero-order valence-corrected chi connectivity index (χ0v) is 17.2. The van der Waals surface area contributed by atoms with Crippen LogP contribution in [0.3, 0.4) is 0 Å². The molecule has 1 atom stereocenters. The Bertz CT molecular complexity index is 1050. The Balaban J connectivity index is 1.45. The molecule has 30 heavy (non-hydrogen) atoms. The predicted molar refractivity (Wildman–Crippen MR) is 111 cm³/mol. The molecule has 1 N–H and O–H groups in total. The van der Waals surface area contributed by atoms with Gasteiger partial charge in [-0.1, -0.05) is 6.07 Å². The van der Waals surface area contributed by atoms with Gasteiger partial charge in [0, 0.05) is 64.2 Å². The van der Waals surface area contributed by atoms with Crippen molar-refractivity contribution in [3.05, 3.63) is 59.8 Å². The van der Waals surface area contributed by atoms with E-state index >= 15 is 0 Å². The summed E-state index contributed by atoms with van der Waals surface area (Å²) < 4.78 is 1.86. The lowest BCUT2D eigenvalue weighted by atomic mass is 10.1. The predicted octanol–water partition coefficient (Wildman–Crippen LogP) is 1.57. The summed E-state index contributed by atoms with van der Waals surface area (Å²) in [6.07, 6.45) is 5.01. The molecule has 0 saturated carbocycles. The maximum Gasteiger partial charge on any atom is 0.319 e. The van der Waals surface area contributed by atoms with Gasteiger partial charge in [0.05, 0.1) is 5.56 Å². The molecule has 3 aromatic heterocycles. The fraction of sp³-hybridized carbons (Fsp3) is 0.381. The van der Waals surface area contributed by atoms with E-state index in [-0.39, 0.29) is 17.9 Å². The molecule has 0 radical (unpaired) electrons. The summed E-state index contributed by atoms with van der Waals surface area (Å²) in [7, 11) is 3.50. The average molecular weight is 407 g/mol. The van der Waals surface area contributed by atoms with Crippen molar-refractivity contribution in [2.75, 3.05) is 33.7 Å². The van der Waals surface area contributed by atoms with Crippen molar-refractivity contribution in [3.63, 3.8) is 0 Å². The number of nitrogens with one attached hydrogen (secondary N) is 1. The van der Waals surface area contributed by atoms with Gasteiger partial charge < -0.3 is 15.1 Å². The van der Waals surface area contributed by atoms with E-state index in [1.165, 1.54) is 0 Å². The molecule has 1 aliphatic rings. The summed E-state index contributed by atoms with van der Waals surface area (Å²) >= 11 is 0. The summed E-state index contributed by atoms with van der Waals surface area (Å²) in [5, 5.41) is 11.5. The second-order valence-electron chi connectivity index (χ2n) is 7.64. The Morgan fingerprint density at radius 2 is 2.07 bits per heavy atom. The Labute approximate surface area is 174 Å². The highest BCUT2D eigenvalue weighted by molar-refractivity contribution is 5.94. The number of nitrogens with zero attached hydrogens (tertiary/aromatic N) is 6. The van der Waals surface area contributed by atoms with Crippen molar-refractivity contribution in [2.45, 2.75) is 18.8 Å². The van der Waals surface area contributed by atoms with Crippen molar-refractivity contribution in [3.8, 4) is 0 Å². The van der Waals surface area contributed by atoms with Crippen LogP contribution in [0, 0.1) is 0 Å². The first-order chi connectivity index (χ1) is 14.5. The zero-order chi connectivity index (χ0) is 21.1. The van der Waals surface area contributed by atoms with Crippen LogP contribution in [0.4, 0.5) is 4.79 Å². The number of carbonyl (C=O) groups excluding carboxylic acids is 2. The number of carbonyl (C=O) groups is 2. The number of likely N-dealkylation sites (tertiary alicyclic amines) is 1. The summed E-state index contributed by atoms with van der Waals surface area (Å²) in [4.78, 5) is 32.5. The van der Waals surface area contributed by atoms with Crippen molar-refractivity contribution in [1.29, 1.82) is 0 Å². The highest BCUT2D eigenvalue weighted by Gasteiger charge is 2.31. The van der Waals surface area contributed by atoms with E-state index in [0.717, 1.165) is 17.9 Å². The smallest absolute Gasteiger partial charge is 0.319 e. The molecule has 1 saturated heterocycles. The molecule has 4 heterocycles. The molecule has 9 nitrogen and oxygen atoms in total. The maximum atomic E-state index is 12.6. The lowest BCUT2D eigenvalue weighted by Gasteiger charge is -2.21. The lowest BCUT2D eigenvalue weighted by Crippen LogP contribution is -2.37. The normalized spacial score (nSPS) is 16.1. The molecule has 4 rings (SSSR count). The van der Waals surface area contributed by atoms with Crippen molar-refractivity contribution >= 4 is 17.6 Å². The number of amides is 3. The van der Waals surface area contributed by atoms with Gasteiger partial charge in [0.15, 0.2) is 5.65 Å². The molecule has 0 unspecified atom stereocenters. The van der Waals surface area contributed by atoms with E-state index in [1.54, 1.807) is 43.5 Å². The standard InChI is InChI=1S/C21H25N7O2/c1-26(2)21(30)27-12-9-15(13-27)19-25-24-18-7-6-16(14-28(18)19)20(29)23-11-8-17-5-3-4-10-22-17/h3-7,10,14-15H,8-9,11-13H2,1-2H3,(H,23,29)/t15-/m1/s1. The number of hydrogen-bond acceptors (Lipinski definition) is 5. The second-order valence-corrected chi connectivity index (χ2v) is 7.64. The number of rotatable bonds is 5. The van der Waals surface area contributed by atoms with E-state index in [4.69, 9.17) is 0 Å². The first-order valence-corrected chi connectivity index (χ1v) is 10.0. The van der Waals surface area contributed by atoms with Crippen LogP contribution < -0.4 is 5.32 Å². The molecule has 1 fully saturated rings. The Hall–Kier alpha value is -3.49. The van der Waals surface area contributed by atoms with E-state index in [1.807, 2.05) is 27.5 Å². The molecule has 156 valence electrons. The summed E-state index contributed by atoms with van der Waals surface area (Å²) in [6.45, 7) is 1.79. The van der Waals surface area contributed by atoms with Crippen LogP contribution in [-0.2, 0) is 6.42 Å². The van der Waals surface area contributed by atoms with Crippen molar-refractivity contribution < 1.29 is 9.59 Å². The van der Waals surface area contributed by atoms with Gasteiger partial charge >= 0.3 is 6.03 Å².